The Morgan fingerprint density at radius 1 is 1.10 bits per heavy atom. The van der Waals surface area contributed by atoms with Gasteiger partial charge in [0, 0.05) is 6.07 Å². The molecule has 1 atom stereocenters. The van der Waals surface area contributed by atoms with Crippen molar-refractivity contribution in [3.05, 3.63) is 59.7 Å². The summed E-state index contributed by atoms with van der Waals surface area (Å²) in [5.41, 5.74) is 0.207. The highest BCUT2D eigenvalue weighted by Gasteiger charge is 2.16. The van der Waals surface area contributed by atoms with Crippen LogP contribution in [0.25, 0.3) is 0 Å². The quantitative estimate of drug-likeness (QED) is 0.912. The molecule has 0 fully saturated rings. The molecule has 0 aliphatic heterocycles. The summed E-state index contributed by atoms with van der Waals surface area (Å²) < 4.78 is 52.6. The van der Waals surface area contributed by atoms with Crippen LogP contribution in [0.3, 0.4) is 0 Å². The number of nitrogens with one attached hydrogen (secondary N) is 1. The van der Waals surface area contributed by atoms with Gasteiger partial charge in [-0.1, -0.05) is 12.1 Å². The van der Waals surface area contributed by atoms with E-state index in [0.717, 1.165) is 12.1 Å². The first kappa shape index (κ1) is 15.4. The second kappa shape index (κ2) is 5.79. The van der Waals surface area contributed by atoms with Gasteiger partial charge in [0.1, 0.15) is 11.6 Å². The Morgan fingerprint density at radius 3 is 2.29 bits per heavy atom. The summed E-state index contributed by atoms with van der Waals surface area (Å²) in [5, 5.41) is 9.46. The summed E-state index contributed by atoms with van der Waals surface area (Å²) in [6.07, 6.45) is -0.827. The number of anilines is 1. The number of hydrogen-bond acceptors (Lipinski definition) is 3. The molecule has 2 aromatic rings. The zero-order valence-electron chi connectivity index (χ0n) is 11.0. The molecule has 7 heteroatoms. The fourth-order valence-corrected chi connectivity index (χ4v) is 2.86. The van der Waals surface area contributed by atoms with Crippen LogP contribution < -0.4 is 4.72 Å². The van der Waals surface area contributed by atoms with Crippen LogP contribution in [-0.2, 0) is 10.0 Å². The first-order chi connectivity index (χ1) is 9.78. The molecule has 2 aromatic carbocycles. The van der Waals surface area contributed by atoms with Crippen LogP contribution in [0.15, 0.2) is 47.4 Å². The third-order valence-electron chi connectivity index (χ3n) is 2.77. The molecule has 0 saturated carbocycles. The molecule has 4 nitrogen and oxygen atoms in total. The average Bonchev–Trinajstić information content (AvgIpc) is 2.37. The third kappa shape index (κ3) is 3.77. The van der Waals surface area contributed by atoms with E-state index >= 15 is 0 Å². The van der Waals surface area contributed by atoms with Gasteiger partial charge >= 0.3 is 0 Å². The van der Waals surface area contributed by atoms with Crippen molar-refractivity contribution in [2.45, 2.75) is 17.9 Å². The van der Waals surface area contributed by atoms with E-state index in [2.05, 4.69) is 4.72 Å². The zero-order valence-corrected chi connectivity index (χ0v) is 11.9. The van der Waals surface area contributed by atoms with Gasteiger partial charge in [-0.05, 0) is 36.8 Å². The molecule has 0 radical (unpaired) electrons. The Labute approximate surface area is 121 Å². The fraction of sp³-hybridized carbons (Fsp3) is 0.143. The number of aliphatic hydroxyl groups excluding tert-OH is 1. The second-order valence-corrected chi connectivity index (χ2v) is 6.19. The molecule has 0 aliphatic carbocycles. The molecule has 0 bridgehead atoms. The lowest BCUT2D eigenvalue weighted by molar-refractivity contribution is 0.199. The summed E-state index contributed by atoms with van der Waals surface area (Å²) in [6.45, 7) is 1.50. The van der Waals surface area contributed by atoms with Gasteiger partial charge in [-0.3, -0.25) is 4.72 Å². The van der Waals surface area contributed by atoms with Gasteiger partial charge in [-0.2, -0.15) is 0 Å². The van der Waals surface area contributed by atoms with Gasteiger partial charge in [0.2, 0.25) is 0 Å². The summed E-state index contributed by atoms with van der Waals surface area (Å²) in [6, 6.07) is 8.06. The van der Waals surface area contributed by atoms with Gasteiger partial charge < -0.3 is 5.11 Å². The van der Waals surface area contributed by atoms with E-state index in [-0.39, 0.29) is 10.6 Å². The monoisotopic (exact) mass is 313 g/mol. The number of benzene rings is 2. The Morgan fingerprint density at radius 2 is 1.71 bits per heavy atom. The molecule has 0 saturated heterocycles. The van der Waals surface area contributed by atoms with Gasteiger partial charge in [-0.15, -0.1) is 0 Å². The smallest absolute Gasteiger partial charge is 0.261 e. The molecule has 0 aliphatic rings. The van der Waals surface area contributed by atoms with Crippen LogP contribution in [0.5, 0.6) is 0 Å². The maximum absolute atomic E-state index is 13.1. The fourth-order valence-electron chi connectivity index (χ4n) is 1.77. The van der Waals surface area contributed by atoms with Crippen LogP contribution in [0.2, 0.25) is 0 Å². The van der Waals surface area contributed by atoms with Crippen molar-refractivity contribution in [2.24, 2.45) is 0 Å². The highest BCUT2D eigenvalue weighted by Crippen LogP contribution is 2.21. The molecule has 0 aromatic heterocycles. The van der Waals surface area contributed by atoms with E-state index in [4.69, 9.17) is 0 Å². The molecule has 0 heterocycles. The second-order valence-electron chi connectivity index (χ2n) is 4.51. The van der Waals surface area contributed by atoms with Crippen molar-refractivity contribution in [1.29, 1.82) is 0 Å². The minimum Gasteiger partial charge on any atom is -0.389 e. The van der Waals surface area contributed by atoms with Crippen molar-refractivity contribution in [2.75, 3.05) is 4.72 Å². The van der Waals surface area contributed by atoms with Crippen molar-refractivity contribution >= 4 is 15.7 Å². The number of sulfonamides is 1. The standard InChI is InChI=1S/C14H13F2NO3S/c1-9(18)10-3-2-4-14(5-10)21(19,20)17-13-7-11(15)6-12(16)8-13/h2-9,17-18H,1H3. The van der Waals surface area contributed by atoms with Crippen LogP contribution in [0.1, 0.15) is 18.6 Å². The number of rotatable bonds is 4. The molecule has 0 amide bonds. The molecule has 21 heavy (non-hydrogen) atoms. The predicted molar refractivity (Wildman–Crippen MR) is 74.2 cm³/mol. The van der Waals surface area contributed by atoms with Crippen molar-refractivity contribution in [1.82, 2.24) is 0 Å². The molecular formula is C14H13F2NO3S. The molecule has 2 rings (SSSR count). The summed E-state index contributed by atoms with van der Waals surface area (Å²) >= 11 is 0. The largest absolute Gasteiger partial charge is 0.389 e. The minimum atomic E-state index is -4.00. The van der Waals surface area contributed by atoms with E-state index < -0.39 is 27.8 Å². The molecule has 112 valence electrons. The van der Waals surface area contributed by atoms with E-state index in [1.807, 2.05) is 0 Å². The van der Waals surface area contributed by atoms with Crippen LogP contribution in [-0.4, -0.2) is 13.5 Å². The molecule has 2 N–H and O–H groups in total. The topological polar surface area (TPSA) is 66.4 Å². The van der Waals surface area contributed by atoms with Gasteiger partial charge in [0.25, 0.3) is 10.0 Å². The van der Waals surface area contributed by atoms with E-state index in [0.29, 0.717) is 11.6 Å². The Balaban J connectivity index is 2.36. The lowest BCUT2D eigenvalue weighted by Crippen LogP contribution is -2.13. The highest BCUT2D eigenvalue weighted by atomic mass is 32.2. The first-order valence-electron chi connectivity index (χ1n) is 6.05. The van der Waals surface area contributed by atoms with E-state index in [9.17, 15) is 22.3 Å². The highest BCUT2D eigenvalue weighted by molar-refractivity contribution is 7.92. The SMILES string of the molecule is CC(O)c1cccc(S(=O)(=O)Nc2cc(F)cc(F)c2)c1. The van der Waals surface area contributed by atoms with Crippen LogP contribution >= 0.6 is 0 Å². The zero-order chi connectivity index (χ0) is 15.6. The molecular weight excluding hydrogens is 300 g/mol. The van der Waals surface area contributed by atoms with E-state index in [1.54, 1.807) is 6.07 Å². The Bertz CT molecular complexity index is 740. The van der Waals surface area contributed by atoms with Gasteiger partial charge in [0.05, 0.1) is 16.7 Å². The predicted octanol–water partition coefficient (Wildman–Crippen LogP) is 2.82. The number of hydrogen-bond donors (Lipinski definition) is 2. The lowest BCUT2D eigenvalue weighted by Gasteiger charge is -2.10. The van der Waals surface area contributed by atoms with Crippen LogP contribution in [0, 0.1) is 11.6 Å². The number of halogens is 2. The maximum atomic E-state index is 13.1. The first-order valence-corrected chi connectivity index (χ1v) is 7.53. The van der Waals surface area contributed by atoms with Crippen molar-refractivity contribution in [3.8, 4) is 0 Å². The molecule has 0 spiro atoms. The Kier molecular flexibility index (Phi) is 4.24. The maximum Gasteiger partial charge on any atom is 0.261 e. The third-order valence-corrected chi connectivity index (χ3v) is 4.14. The minimum absolute atomic E-state index is 0.106. The summed E-state index contributed by atoms with van der Waals surface area (Å²) in [4.78, 5) is -0.106. The summed E-state index contributed by atoms with van der Waals surface area (Å²) in [5.74, 6) is -1.77. The molecule has 1 unspecified atom stereocenters. The van der Waals surface area contributed by atoms with Gasteiger partial charge in [0.15, 0.2) is 0 Å². The lowest BCUT2D eigenvalue weighted by atomic mass is 10.1. The normalized spacial score (nSPS) is 13.0. The Hall–Kier alpha value is -1.99. The summed E-state index contributed by atoms with van der Waals surface area (Å²) in [7, 11) is -4.00. The van der Waals surface area contributed by atoms with E-state index in [1.165, 1.54) is 25.1 Å². The number of aliphatic hydroxyl groups is 1. The van der Waals surface area contributed by atoms with Gasteiger partial charge in [-0.25, -0.2) is 17.2 Å². The van der Waals surface area contributed by atoms with Crippen molar-refractivity contribution in [3.63, 3.8) is 0 Å². The van der Waals surface area contributed by atoms with Crippen LogP contribution in [0.4, 0.5) is 14.5 Å². The average molecular weight is 313 g/mol. The van der Waals surface area contributed by atoms with Crippen molar-refractivity contribution < 1.29 is 22.3 Å².